The van der Waals surface area contributed by atoms with E-state index >= 15 is 0 Å². The van der Waals surface area contributed by atoms with Crippen LogP contribution in [0.1, 0.15) is 194 Å². The summed E-state index contributed by atoms with van der Waals surface area (Å²) in [5.41, 5.74) is 0. The predicted molar refractivity (Wildman–Crippen MR) is 245 cm³/mol. The highest BCUT2D eigenvalue weighted by Gasteiger charge is 2.59. The lowest BCUT2D eigenvalue weighted by Crippen LogP contribution is -2.65. The molecule has 1 unspecified atom stereocenters. The maximum atomic E-state index is 13.3. The lowest BCUT2D eigenvalue weighted by atomic mass is 9.85. The molecule has 0 bridgehead atoms. The van der Waals surface area contributed by atoms with E-state index < -0.39 is 99.2 Å². The van der Waals surface area contributed by atoms with Crippen molar-refractivity contribution in [3.8, 4) is 0 Å². The summed E-state index contributed by atoms with van der Waals surface area (Å²) in [5.74, 6) is -1.39. The Kier molecular flexibility index (Phi) is 34.0. The number of ether oxygens (including phenoxy) is 2. The molecule has 0 aromatic heterocycles. The number of hydrogen-bond acceptors (Lipinski definition) is 15. The molecule has 8 atom stereocenters. The monoisotopic (exact) mass is 1050 g/mol. The smallest absolute Gasteiger partial charge is 0.462 e. The average molecular weight is 1050 g/mol. The van der Waals surface area contributed by atoms with Gasteiger partial charge in [0.05, 0.1) is 6.61 Å². The minimum Gasteiger partial charge on any atom is -0.462 e. The molecule has 1 saturated carbocycles. The van der Waals surface area contributed by atoms with E-state index in [9.17, 15) is 72.3 Å². The van der Waals surface area contributed by atoms with Gasteiger partial charge in [-0.05, 0) is 12.8 Å². The van der Waals surface area contributed by atoms with Crippen molar-refractivity contribution in [2.24, 2.45) is 0 Å². The first-order chi connectivity index (χ1) is 31.5. The Morgan fingerprint density at radius 3 is 1.07 bits per heavy atom. The summed E-state index contributed by atoms with van der Waals surface area (Å²) in [7, 11) is -23.0. The van der Waals surface area contributed by atoms with Crippen LogP contribution in [0.15, 0.2) is 0 Å². The van der Waals surface area contributed by atoms with Crippen LogP contribution in [0.4, 0.5) is 0 Å². The Balaban J connectivity index is 2.91. The number of unbranched alkanes of at least 4 members (excludes halogenated alkanes) is 24. The van der Waals surface area contributed by atoms with E-state index in [2.05, 4.69) is 27.4 Å². The van der Waals surface area contributed by atoms with E-state index in [0.29, 0.717) is 12.8 Å². The summed E-state index contributed by atoms with van der Waals surface area (Å²) in [4.78, 5) is 92.7. The number of hydrogen-bond donors (Lipinski definition) is 9. The van der Waals surface area contributed by atoms with Crippen LogP contribution in [-0.2, 0) is 59.9 Å². The maximum absolute atomic E-state index is 13.3. The van der Waals surface area contributed by atoms with Crippen LogP contribution in [0.25, 0.3) is 0 Å². The lowest BCUT2D eigenvalue weighted by molar-refractivity contribution is -0.209. The average Bonchev–Trinajstić information content (AvgIpc) is 3.22. The van der Waals surface area contributed by atoms with Crippen LogP contribution in [-0.4, -0.2) is 112 Å². The molecule has 9 N–H and O–H groups in total. The van der Waals surface area contributed by atoms with Crippen LogP contribution in [0.5, 0.6) is 0 Å². The molecule has 0 heterocycles. The number of esters is 2. The molecular formula is C41H82O22P4. The Labute approximate surface area is 396 Å². The molecule has 1 fully saturated rings. The second-order valence-electron chi connectivity index (χ2n) is 17.3. The topological polar surface area (TPSA) is 349 Å². The molecule has 0 saturated heterocycles. The zero-order valence-corrected chi connectivity index (χ0v) is 43.0. The molecular weight excluding hydrogens is 968 g/mol. The van der Waals surface area contributed by atoms with Gasteiger partial charge in [0.25, 0.3) is 0 Å². The highest BCUT2D eigenvalue weighted by atomic mass is 31.2. The number of aliphatic hydroxyl groups is 2. The first kappa shape index (κ1) is 64.3. The van der Waals surface area contributed by atoms with E-state index in [-0.39, 0.29) is 12.8 Å². The molecule has 0 amide bonds. The third-order valence-electron chi connectivity index (χ3n) is 11.1. The predicted octanol–water partition coefficient (Wildman–Crippen LogP) is 8.08. The normalized spacial score (nSPS) is 21.8. The highest BCUT2D eigenvalue weighted by Crippen LogP contribution is 2.53. The summed E-state index contributed by atoms with van der Waals surface area (Å²) in [6.07, 6.45) is 10.4. The van der Waals surface area contributed by atoms with Gasteiger partial charge in [0.15, 0.2) is 6.10 Å². The molecule has 67 heavy (non-hydrogen) atoms. The molecule has 1 aliphatic carbocycles. The van der Waals surface area contributed by atoms with Gasteiger partial charge in [0.2, 0.25) is 0 Å². The van der Waals surface area contributed by atoms with Gasteiger partial charge in [-0.25, -0.2) is 18.3 Å². The van der Waals surface area contributed by atoms with Crippen molar-refractivity contribution in [3.05, 3.63) is 0 Å². The molecule has 0 spiro atoms. The first-order valence-electron chi connectivity index (χ1n) is 24.1. The van der Waals surface area contributed by atoms with E-state index in [1.807, 2.05) is 0 Å². The minimum atomic E-state index is -5.78. The van der Waals surface area contributed by atoms with Gasteiger partial charge in [0.1, 0.15) is 43.2 Å². The van der Waals surface area contributed by atoms with Crippen molar-refractivity contribution in [1.29, 1.82) is 0 Å². The summed E-state index contributed by atoms with van der Waals surface area (Å²) < 4.78 is 82.1. The number of phosphoric ester groups is 4. The highest BCUT2D eigenvalue weighted by molar-refractivity contribution is 7.47. The summed E-state index contributed by atoms with van der Waals surface area (Å²) in [6.45, 7) is 2.75. The van der Waals surface area contributed by atoms with Gasteiger partial charge in [-0.2, -0.15) is 0 Å². The van der Waals surface area contributed by atoms with Crippen LogP contribution in [0, 0.1) is 0 Å². The largest absolute Gasteiger partial charge is 0.472 e. The molecule has 0 radical (unpaired) electrons. The number of phosphoric acid groups is 4. The summed E-state index contributed by atoms with van der Waals surface area (Å²) in [5, 5.41) is 21.8. The van der Waals surface area contributed by atoms with E-state index in [4.69, 9.17) is 18.5 Å². The van der Waals surface area contributed by atoms with Crippen molar-refractivity contribution in [2.75, 3.05) is 13.2 Å². The van der Waals surface area contributed by atoms with Crippen molar-refractivity contribution in [1.82, 2.24) is 0 Å². The van der Waals surface area contributed by atoms with Crippen molar-refractivity contribution >= 4 is 43.2 Å². The van der Waals surface area contributed by atoms with E-state index in [1.54, 1.807) is 0 Å². The van der Waals surface area contributed by atoms with Crippen LogP contribution >= 0.6 is 31.3 Å². The van der Waals surface area contributed by atoms with Crippen molar-refractivity contribution < 1.29 is 104 Å². The molecule has 0 aromatic carbocycles. The van der Waals surface area contributed by atoms with Crippen LogP contribution in [0.3, 0.4) is 0 Å². The second-order valence-corrected chi connectivity index (χ2v) is 22.3. The Morgan fingerprint density at radius 2 is 0.731 bits per heavy atom. The maximum Gasteiger partial charge on any atom is 0.472 e. The first-order valence-corrected chi connectivity index (χ1v) is 30.2. The number of carbonyl (C=O) groups is 2. The third-order valence-corrected chi connectivity index (χ3v) is 13.7. The molecule has 0 aliphatic heterocycles. The zero-order valence-electron chi connectivity index (χ0n) is 39.4. The number of aliphatic hydroxyl groups excluding tert-OH is 2. The van der Waals surface area contributed by atoms with Gasteiger partial charge >= 0.3 is 43.2 Å². The number of carbonyl (C=O) groups excluding carboxylic acids is 2. The van der Waals surface area contributed by atoms with E-state index in [0.717, 1.165) is 64.2 Å². The fourth-order valence-corrected chi connectivity index (χ4v) is 10.3. The third kappa shape index (κ3) is 33.6. The van der Waals surface area contributed by atoms with Crippen molar-refractivity contribution in [3.63, 3.8) is 0 Å². The Morgan fingerprint density at radius 1 is 0.418 bits per heavy atom. The van der Waals surface area contributed by atoms with Crippen molar-refractivity contribution in [2.45, 2.75) is 236 Å². The standard InChI is InChI=1S/C41H82O22P4/c1-3-5-7-9-11-13-15-17-19-21-23-25-27-29-34(42)57-31-33(59-35(43)30-28-26-24-22-20-18-16-14-12-10-8-6-4-2)32-58-67(55,56)63-38-36(44)39(60-64(46,47)48)41(62-66(52,53)54)40(37(38)45)61-65(49,50)51/h33,36-41,44-45H,3-32H2,1-2H3,(H,55,56)(H2,46,47,48)(H2,49,50,51)(H2,52,53,54)/t33-,36-,37-,38-,39+,40-,41-/m1/s1. The van der Waals surface area contributed by atoms with Crippen LogP contribution < -0.4 is 0 Å². The quantitative estimate of drug-likeness (QED) is 0.0158. The van der Waals surface area contributed by atoms with Gasteiger partial charge in [-0.3, -0.25) is 32.2 Å². The molecule has 0 aromatic rings. The van der Waals surface area contributed by atoms with Gasteiger partial charge in [-0.1, -0.05) is 168 Å². The molecule has 1 aliphatic rings. The van der Waals surface area contributed by atoms with E-state index in [1.165, 1.54) is 89.9 Å². The fraction of sp³-hybridized carbons (Fsp3) is 0.951. The molecule has 398 valence electrons. The van der Waals surface area contributed by atoms with Gasteiger partial charge in [-0.15, -0.1) is 0 Å². The minimum absolute atomic E-state index is 0.0414. The summed E-state index contributed by atoms with van der Waals surface area (Å²) in [6, 6.07) is 0. The lowest BCUT2D eigenvalue weighted by Gasteiger charge is -2.45. The van der Waals surface area contributed by atoms with Crippen LogP contribution in [0.2, 0.25) is 0 Å². The van der Waals surface area contributed by atoms with Gasteiger partial charge in [0, 0.05) is 12.8 Å². The summed E-state index contributed by atoms with van der Waals surface area (Å²) >= 11 is 0. The molecule has 22 nitrogen and oxygen atoms in total. The molecule has 1 rings (SSSR count). The van der Waals surface area contributed by atoms with Gasteiger partial charge < -0.3 is 53.9 Å². The Bertz CT molecular complexity index is 1480. The fourth-order valence-electron chi connectivity index (χ4n) is 7.67. The second kappa shape index (κ2) is 35.4. The number of rotatable bonds is 42. The molecule has 26 heteroatoms. The Hall–Kier alpha value is -0.700. The SMILES string of the molecule is CCCCCCCCCCCCCCCC(=O)OC[C@H](COP(=O)(O)O[C@H]1[C@@H](O)[C@@H](OP(=O)(O)O)[C@H](OP(=O)(O)O)[C@@H](OP(=O)(O)O)[C@@H]1O)OC(=O)CCCCCCCCCCCCCCC. The zero-order chi connectivity index (χ0) is 50.4.